The quantitative estimate of drug-likeness (QED) is 0.480. The minimum atomic E-state index is -4.55. The number of nitrogens with zero attached hydrogens (tertiary/aromatic N) is 7. The first-order chi connectivity index (χ1) is 16.8. The molecule has 2 aliphatic heterocycles. The molecule has 0 aromatic carbocycles. The number of fused-ring (bicyclic) bond motifs is 2. The number of hydrogen-bond acceptors (Lipinski definition) is 8. The molecule has 0 bridgehead atoms. The van der Waals surface area contributed by atoms with E-state index in [2.05, 4.69) is 27.1 Å². The first kappa shape index (κ1) is 23.8. The Kier molecular flexibility index (Phi) is 6.51. The average Bonchev–Trinajstić information content (AvgIpc) is 3.56. The van der Waals surface area contributed by atoms with Gasteiger partial charge in [0, 0.05) is 31.1 Å². The number of carbonyl (C=O) groups is 1. The summed E-state index contributed by atoms with van der Waals surface area (Å²) in [6.45, 7) is 4.38. The Labute approximate surface area is 203 Å². The number of carbonyl (C=O) groups excluding carboxylic acids is 1. The molecule has 5 rings (SSSR count). The fraction of sp³-hybridized carbons (Fsp3) is 0.591. The molecule has 1 fully saturated rings. The number of alkyl halides is 3. The zero-order valence-corrected chi connectivity index (χ0v) is 20.2. The number of halogens is 3. The predicted octanol–water partition coefficient (Wildman–Crippen LogP) is 3.67. The van der Waals surface area contributed by atoms with Gasteiger partial charge in [-0.05, 0) is 25.3 Å². The summed E-state index contributed by atoms with van der Waals surface area (Å²) in [5, 5.41) is 7.98. The molecule has 1 amide bonds. The third-order valence-corrected chi connectivity index (χ3v) is 7.30. The zero-order valence-electron chi connectivity index (χ0n) is 19.3. The van der Waals surface area contributed by atoms with Gasteiger partial charge in [0.05, 0.1) is 18.4 Å². The highest BCUT2D eigenvalue weighted by Gasteiger charge is 2.39. The summed E-state index contributed by atoms with van der Waals surface area (Å²) in [6.07, 6.45) is -0.375. The SMILES string of the molecule is CCCc1cc2c(N3CCn4c(nnc4C(F)(F)F)C3)nc(OCCC(=O)N3CCCC3)nc2s1. The molecule has 3 aromatic rings. The Morgan fingerprint density at radius 2 is 1.94 bits per heavy atom. The molecule has 2 aliphatic rings. The smallest absolute Gasteiger partial charge is 0.451 e. The first-order valence-electron chi connectivity index (χ1n) is 11.8. The molecule has 1 saturated heterocycles. The van der Waals surface area contributed by atoms with Crippen molar-refractivity contribution in [2.75, 3.05) is 31.1 Å². The van der Waals surface area contributed by atoms with Gasteiger partial charge in [-0.25, -0.2) is 0 Å². The van der Waals surface area contributed by atoms with Gasteiger partial charge in [-0.1, -0.05) is 13.3 Å². The Hall–Kier alpha value is -2.96. The number of anilines is 1. The van der Waals surface area contributed by atoms with E-state index in [4.69, 9.17) is 4.74 Å². The van der Waals surface area contributed by atoms with Crippen molar-refractivity contribution in [3.8, 4) is 6.01 Å². The monoisotopic (exact) mass is 509 g/mol. The number of amides is 1. The number of hydrogen-bond donors (Lipinski definition) is 0. The molecule has 0 unspecified atom stereocenters. The normalized spacial score (nSPS) is 16.2. The van der Waals surface area contributed by atoms with Gasteiger partial charge in [0.2, 0.25) is 11.7 Å². The van der Waals surface area contributed by atoms with E-state index in [-0.39, 0.29) is 43.9 Å². The number of thiophene rings is 1. The van der Waals surface area contributed by atoms with Crippen LogP contribution >= 0.6 is 11.3 Å². The van der Waals surface area contributed by atoms with Crippen LogP contribution in [0.4, 0.5) is 19.0 Å². The van der Waals surface area contributed by atoms with Crippen molar-refractivity contribution in [2.45, 2.75) is 58.3 Å². The number of rotatable bonds is 7. The van der Waals surface area contributed by atoms with Crippen LogP contribution in [0, 0.1) is 0 Å². The van der Waals surface area contributed by atoms with Crippen molar-refractivity contribution < 1.29 is 22.7 Å². The molecule has 0 N–H and O–H groups in total. The van der Waals surface area contributed by atoms with E-state index >= 15 is 0 Å². The third-order valence-electron chi connectivity index (χ3n) is 6.21. The van der Waals surface area contributed by atoms with Crippen molar-refractivity contribution >= 4 is 33.3 Å². The minimum absolute atomic E-state index is 0.0565. The number of ether oxygens (including phenoxy) is 1. The maximum atomic E-state index is 13.2. The van der Waals surface area contributed by atoms with Crippen molar-refractivity contribution in [1.82, 2.24) is 29.6 Å². The van der Waals surface area contributed by atoms with Crippen molar-refractivity contribution in [3.63, 3.8) is 0 Å². The van der Waals surface area contributed by atoms with Crippen molar-refractivity contribution in [3.05, 3.63) is 22.6 Å². The second-order valence-electron chi connectivity index (χ2n) is 8.71. The molecule has 0 radical (unpaired) electrons. The molecule has 13 heteroatoms. The second kappa shape index (κ2) is 9.59. The van der Waals surface area contributed by atoms with E-state index in [1.165, 1.54) is 0 Å². The summed E-state index contributed by atoms with van der Waals surface area (Å²) >= 11 is 1.55. The van der Waals surface area contributed by atoms with Gasteiger partial charge in [-0.3, -0.25) is 4.79 Å². The van der Waals surface area contributed by atoms with E-state index in [0.29, 0.717) is 12.4 Å². The average molecular weight is 510 g/mol. The second-order valence-corrected chi connectivity index (χ2v) is 9.82. The van der Waals surface area contributed by atoms with Crippen LogP contribution in [-0.2, 0) is 30.5 Å². The molecule has 9 nitrogen and oxygen atoms in total. The standard InChI is InChI=1S/C22H26F3N7O2S/c1-2-5-14-12-15-18(31-9-10-32-16(13-31)28-29-20(32)22(23,24)25)26-21(27-19(15)35-14)34-11-6-17(33)30-7-3-4-8-30/h12H,2-11,13H2,1H3. The molecule has 35 heavy (non-hydrogen) atoms. The summed E-state index contributed by atoms with van der Waals surface area (Å²) in [5.41, 5.74) is 0. The van der Waals surface area contributed by atoms with Crippen LogP contribution in [0.3, 0.4) is 0 Å². The van der Waals surface area contributed by atoms with Crippen LogP contribution in [0.15, 0.2) is 6.07 Å². The summed E-state index contributed by atoms with van der Waals surface area (Å²) in [7, 11) is 0. The maximum absolute atomic E-state index is 13.2. The van der Waals surface area contributed by atoms with Crippen LogP contribution in [-0.4, -0.2) is 61.8 Å². The van der Waals surface area contributed by atoms with E-state index in [9.17, 15) is 18.0 Å². The number of aromatic nitrogens is 5. The largest absolute Gasteiger partial charge is 0.463 e. The Morgan fingerprint density at radius 1 is 1.14 bits per heavy atom. The number of likely N-dealkylation sites (tertiary alicyclic amines) is 1. The topological polar surface area (TPSA) is 89.3 Å². The van der Waals surface area contributed by atoms with Gasteiger partial charge in [0.1, 0.15) is 17.3 Å². The van der Waals surface area contributed by atoms with Crippen LogP contribution in [0.1, 0.15) is 49.1 Å². The summed E-state index contributed by atoms with van der Waals surface area (Å²) in [5.74, 6) is -0.0938. The highest BCUT2D eigenvalue weighted by atomic mass is 32.1. The fourth-order valence-corrected chi connectivity index (χ4v) is 5.63. The lowest BCUT2D eigenvalue weighted by Crippen LogP contribution is -2.36. The van der Waals surface area contributed by atoms with Gasteiger partial charge in [-0.2, -0.15) is 23.1 Å². The summed E-state index contributed by atoms with van der Waals surface area (Å²) in [4.78, 5) is 27.1. The lowest BCUT2D eigenvalue weighted by Gasteiger charge is -2.29. The predicted molar refractivity (Wildman–Crippen MR) is 123 cm³/mol. The molecular weight excluding hydrogens is 483 g/mol. The molecule has 0 saturated carbocycles. The van der Waals surface area contributed by atoms with Crippen LogP contribution < -0.4 is 9.64 Å². The van der Waals surface area contributed by atoms with Gasteiger partial charge in [0.15, 0.2) is 5.82 Å². The highest BCUT2D eigenvalue weighted by molar-refractivity contribution is 7.18. The van der Waals surface area contributed by atoms with Crippen LogP contribution in [0.2, 0.25) is 0 Å². The van der Waals surface area contributed by atoms with E-state index in [1.807, 2.05) is 15.9 Å². The molecule has 3 aromatic heterocycles. The van der Waals surface area contributed by atoms with Crippen LogP contribution in [0.5, 0.6) is 6.01 Å². The fourth-order valence-electron chi connectivity index (χ4n) is 4.51. The highest BCUT2D eigenvalue weighted by Crippen LogP contribution is 2.36. The molecule has 5 heterocycles. The summed E-state index contributed by atoms with van der Waals surface area (Å²) in [6, 6.07) is 2.20. The van der Waals surface area contributed by atoms with Gasteiger partial charge in [0.25, 0.3) is 0 Å². The van der Waals surface area contributed by atoms with Crippen molar-refractivity contribution in [2.24, 2.45) is 0 Å². The Bertz CT molecular complexity index is 1220. The lowest BCUT2D eigenvalue weighted by molar-refractivity contribution is -0.147. The summed E-state index contributed by atoms with van der Waals surface area (Å²) < 4.78 is 46.6. The molecule has 0 spiro atoms. The van der Waals surface area contributed by atoms with Gasteiger partial charge >= 0.3 is 12.2 Å². The zero-order chi connectivity index (χ0) is 24.6. The molecule has 188 valence electrons. The van der Waals surface area contributed by atoms with Crippen LogP contribution in [0.25, 0.3) is 10.2 Å². The molecular formula is C22H26F3N7O2S. The molecule has 0 atom stereocenters. The Balaban J connectivity index is 1.39. The number of aryl methyl sites for hydroxylation is 1. The lowest BCUT2D eigenvalue weighted by atomic mass is 10.2. The third kappa shape index (κ3) is 4.91. The molecule has 0 aliphatic carbocycles. The van der Waals surface area contributed by atoms with E-state index in [0.717, 1.165) is 58.4 Å². The van der Waals surface area contributed by atoms with E-state index in [1.54, 1.807) is 11.3 Å². The van der Waals surface area contributed by atoms with E-state index < -0.39 is 12.0 Å². The van der Waals surface area contributed by atoms with Gasteiger partial charge < -0.3 is 19.1 Å². The first-order valence-corrected chi connectivity index (χ1v) is 12.6. The van der Waals surface area contributed by atoms with Crippen molar-refractivity contribution in [1.29, 1.82) is 0 Å². The Morgan fingerprint density at radius 3 is 2.69 bits per heavy atom. The minimum Gasteiger partial charge on any atom is -0.463 e. The van der Waals surface area contributed by atoms with Gasteiger partial charge in [-0.15, -0.1) is 21.5 Å². The maximum Gasteiger partial charge on any atom is 0.451 e.